The van der Waals surface area contributed by atoms with Crippen molar-refractivity contribution in [2.75, 3.05) is 7.11 Å². The lowest BCUT2D eigenvalue weighted by molar-refractivity contribution is -0.207. The van der Waals surface area contributed by atoms with Gasteiger partial charge in [0.25, 0.3) is 0 Å². The molecule has 0 saturated heterocycles. The van der Waals surface area contributed by atoms with Gasteiger partial charge in [-0.2, -0.15) is 0 Å². The van der Waals surface area contributed by atoms with Gasteiger partial charge in [0.05, 0.1) is 12.1 Å². The molecule has 0 amide bonds. The maximum absolute atomic E-state index is 12.3. The summed E-state index contributed by atoms with van der Waals surface area (Å²) in [5, 5.41) is 12.8. The van der Waals surface area contributed by atoms with Crippen LogP contribution in [0.25, 0.3) is 0 Å². The zero-order chi connectivity index (χ0) is 13.0. The summed E-state index contributed by atoms with van der Waals surface area (Å²) in [6, 6.07) is 5.33. The van der Waals surface area contributed by atoms with E-state index in [-0.39, 0.29) is 5.48 Å². The SMILES string of the molecule is COc1cccc(Cl)c1C([O-])=PC1CCCCC1. The fourth-order valence-corrected chi connectivity index (χ4v) is 3.95. The molecular weight excluding hydrogens is 267 g/mol. The highest BCUT2D eigenvalue weighted by molar-refractivity contribution is 7.41. The average molecular weight is 284 g/mol. The van der Waals surface area contributed by atoms with E-state index < -0.39 is 0 Å². The molecule has 0 atom stereocenters. The molecule has 1 aromatic carbocycles. The van der Waals surface area contributed by atoms with Crippen LogP contribution in [-0.2, 0) is 0 Å². The normalized spacial score (nSPS) is 17.8. The van der Waals surface area contributed by atoms with E-state index in [1.54, 1.807) is 25.3 Å². The lowest BCUT2D eigenvalue weighted by Crippen LogP contribution is -2.20. The van der Waals surface area contributed by atoms with Crippen LogP contribution in [-0.4, -0.2) is 18.2 Å². The molecule has 2 rings (SSSR count). The molecule has 1 saturated carbocycles. The Bertz CT molecular complexity index is 439. The Labute approximate surface area is 115 Å². The Hall–Kier alpha value is -0.560. The van der Waals surface area contributed by atoms with Crippen LogP contribution in [0.4, 0.5) is 0 Å². The van der Waals surface area contributed by atoms with Crippen LogP contribution in [0.15, 0.2) is 18.2 Å². The number of hydrogen-bond acceptors (Lipinski definition) is 2. The van der Waals surface area contributed by atoms with Gasteiger partial charge in [0, 0.05) is 5.56 Å². The summed E-state index contributed by atoms with van der Waals surface area (Å²) >= 11 is 6.12. The molecule has 0 heterocycles. The van der Waals surface area contributed by atoms with Crippen LogP contribution < -0.4 is 9.84 Å². The van der Waals surface area contributed by atoms with E-state index in [9.17, 15) is 5.11 Å². The molecule has 0 aliphatic heterocycles. The van der Waals surface area contributed by atoms with Crippen molar-refractivity contribution in [1.29, 1.82) is 0 Å². The van der Waals surface area contributed by atoms with E-state index in [0.29, 0.717) is 22.0 Å². The largest absolute Gasteiger partial charge is 0.823 e. The van der Waals surface area contributed by atoms with Crippen molar-refractivity contribution in [3.05, 3.63) is 28.8 Å². The predicted molar refractivity (Wildman–Crippen MR) is 75.9 cm³/mol. The molecule has 0 bridgehead atoms. The minimum absolute atomic E-state index is 0.0874. The highest BCUT2D eigenvalue weighted by Crippen LogP contribution is 2.32. The molecule has 0 aromatic heterocycles. The van der Waals surface area contributed by atoms with Gasteiger partial charge in [0.2, 0.25) is 0 Å². The van der Waals surface area contributed by atoms with Gasteiger partial charge in [-0.3, -0.25) is 0 Å². The monoisotopic (exact) mass is 283 g/mol. The zero-order valence-corrected chi connectivity index (χ0v) is 12.1. The van der Waals surface area contributed by atoms with Crippen LogP contribution in [0, 0.1) is 0 Å². The summed E-state index contributed by atoms with van der Waals surface area (Å²) in [5.41, 5.74) is 1.12. The molecule has 18 heavy (non-hydrogen) atoms. The smallest absolute Gasteiger partial charge is 0.126 e. The Morgan fingerprint density at radius 3 is 2.72 bits per heavy atom. The first-order valence-electron chi connectivity index (χ1n) is 6.30. The third kappa shape index (κ3) is 3.26. The Morgan fingerprint density at radius 2 is 2.06 bits per heavy atom. The van der Waals surface area contributed by atoms with Gasteiger partial charge in [0.15, 0.2) is 0 Å². The summed E-state index contributed by atoms with van der Waals surface area (Å²) in [6.45, 7) is 0. The highest BCUT2D eigenvalue weighted by atomic mass is 35.5. The molecule has 0 unspecified atom stereocenters. The van der Waals surface area contributed by atoms with E-state index >= 15 is 0 Å². The Balaban J connectivity index is 2.26. The second-order valence-electron chi connectivity index (χ2n) is 4.54. The van der Waals surface area contributed by atoms with Crippen LogP contribution >= 0.6 is 19.8 Å². The van der Waals surface area contributed by atoms with E-state index in [0.717, 1.165) is 21.0 Å². The van der Waals surface area contributed by atoms with E-state index in [2.05, 4.69) is 0 Å². The topological polar surface area (TPSA) is 32.3 Å². The third-order valence-electron chi connectivity index (χ3n) is 3.28. The Kier molecular flexibility index (Phi) is 5.05. The van der Waals surface area contributed by atoms with E-state index in [1.807, 2.05) is 0 Å². The quantitative estimate of drug-likeness (QED) is 0.796. The minimum Gasteiger partial charge on any atom is -0.823 e. The second-order valence-corrected chi connectivity index (χ2v) is 6.35. The van der Waals surface area contributed by atoms with Crippen molar-refractivity contribution < 1.29 is 9.84 Å². The molecule has 0 N–H and O–H groups in total. The average Bonchev–Trinajstić information content (AvgIpc) is 2.39. The fraction of sp³-hybridized carbons (Fsp3) is 0.500. The number of halogens is 1. The lowest BCUT2D eigenvalue weighted by atomic mass is 10.0. The standard InChI is InChI=1S/C14H18ClO2P/c1-17-12-9-5-8-11(15)13(12)14(16)18-10-6-3-2-4-7-10/h5,8-10,16H,2-4,6-7H2,1H3/p-1. The van der Waals surface area contributed by atoms with Crippen LogP contribution in [0.1, 0.15) is 37.7 Å². The molecule has 0 spiro atoms. The number of methoxy groups -OCH3 is 1. The lowest BCUT2D eigenvalue weighted by Gasteiger charge is -2.23. The molecule has 1 aliphatic carbocycles. The summed E-state index contributed by atoms with van der Waals surface area (Å²) in [6.07, 6.45) is 6.09. The number of ether oxygens (including phenoxy) is 1. The van der Waals surface area contributed by atoms with Crippen molar-refractivity contribution in [1.82, 2.24) is 0 Å². The first kappa shape index (κ1) is 13.9. The van der Waals surface area contributed by atoms with E-state index in [1.165, 1.54) is 19.3 Å². The van der Waals surface area contributed by atoms with Crippen LogP contribution in [0.2, 0.25) is 5.02 Å². The molecule has 98 valence electrons. The molecule has 1 fully saturated rings. The number of rotatable bonds is 3. The molecule has 1 aliphatic rings. The third-order valence-corrected chi connectivity index (χ3v) is 4.94. The first-order chi connectivity index (χ1) is 8.72. The molecule has 0 radical (unpaired) electrons. The van der Waals surface area contributed by atoms with Gasteiger partial charge in [-0.05, 0) is 30.6 Å². The number of hydrogen-bond donors (Lipinski definition) is 0. The van der Waals surface area contributed by atoms with Crippen LogP contribution in [0.5, 0.6) is 5.75 Å². The Morgan fingerprint density at radius 1 is 1.33 bits per heavy atom. The minimum atomic E-state index is 0.0874. The highest BCUT2D eigenvalue weighted by Gasteiger charge is 2.12. The van der Waals surface area contributed by atoms with Gasteiger partial charge in [-0.25, -0.2) is 0 Å². The van der Waals surface area contributed by atoms with Crippen molar-refractivity contribution in [2.45, 2.75) is 37.8 Å². The van der Waals surface area contributed by atoms with Gasteiger partial charge < -0.3 is 9.84 Å². The summed E-state index contributed by atoms with van der Waals surface area (Å²) in [7, 11) is 2.44. The first-order valence-corrected chi connectivity index (χ1v) is 7.64. The maximum Gasteiger partial charge on any atom is 0.126 e. The van der Waals surface area contributed by atoms with Crippen molar-refractivity contribution in [3.8, 4) is 5.75 Å². The predicted octanol–water partition coefficient (Wildman–Crippen LogP) is 3.47. The summed E-state index contributed by atoms with van der Waals surface area (Å²) < 4.78 is 5.23. The van der Waals surface area contributed by atoms with Crippen molar-refractivity contribution in [3.63, 3.8) is 0 Å². The van der Waals surface area contributed by atoms with Gasteiger partial charge in [-0.15, -0.1) is 13.7 Å². The van der Waals surface area contributed by atoms with E-state index in [4.69, 9.17) is 16.3 Å². The van der Waals surface area contributed by atoms with Crippen molar-refractivity contribution >= 4 is 25.3 Å². The molecule has 2 nitrogen and oxygen atoms in total. The van der Waals surface area contributed by atoms with Gasteiger partial charge >= 0.3 is 0 Å². The van der Waals surface area contributed by atoms with Crippen LogP contribution in [0.3, 0.4) is 0 Å². The van der Waals surface area contributed by atoms with Gasteiger partial charge in [-0.1, -0.05) is 36.9 Å². The molecular formula is C14H17ClO2P-. The zero-order valence-electron chi connectivity index (χ0n) is 10.5. The van der Waals surface area contributed by atoms with Crippen molar-refractivity contribution in [2.24, 2.45) is 0 Å². The molecule has 1 aromatic rings. The maximum atomic E-state index is 12.3. The number of benzene rings is 1. The molecule has 4 heteroatoms. The summed E-state index contributed by atoms with van der Waals surface area (Å²) in [5.74, 6) is 0.579. The fourth-order valence-electron chi connectivity index (χ4n) is 2.32. The summed E-state index contributed by atoms with van der Waals surface area (Å²) in [4.78, 5) is 0. The second kappa shape index (κ2) is 6.56. The van der Waals surface area contributed by atoms with Gasteiger partial charge in [0.1, 0.15) is 5.75 Å².